The van der Waals surface area contributed by atoms with E-state index >= 15 is 0 Å². The summed E-state index contributed by atoms with van der Waals surface area (Å²) < 4.78 is 6.85. The first-order valence-corrected chi connectivity index (χ1v) is 7.17. The molecule has 0 aliphatic rings. The molecular formula is C13H20N4O2S. The Balaban J connectivity index is 2.40. The lowest BCUT2D eigenvalue weighted by molar-refractivity contribution is 0.0639. The quantitative estimate of drug-likeness (QED) is 0.930. The molecule has 1 amide bonds. The number of nitrogen functional groups attached to an aromatic ring is 1. The number of anilines is 1. The molecule has 2 N–H and O–H groups in total. The van der Waals surface area contributed by atoms with Crippen molar-refractivity contribution in [1.29, 1.82) is 0 Å². The van der Waals surface area contributed by atoms with Crippen molar-refractivity contribution in [2.24, 2.45) is 7.05 Å². The topological polar surface area (TPSA) is 73.4 Å². The van der Waals surface area contributed by atoms with Gasteiger partial charge in [0.25, 0.3) is 5.91 Å². The van der Waals surface area contributed by atoms with Crippen molar-refractivity contribution in [2.45, 2.75) is 19.9 Å². The molecule has 2 heterocycles. The Labute approximate surface area is 122 Å². The number of carbonyl (C=O) groups excluding carboxylic acids is 1. The molecule has 0 radical (unpaired) electrons. The van der Waals surface area contributed by atoms with Crippen LogP contribution in [0.2, 0.25) is 0 Å². The minimum Gasteiger partial charge on any atom is -0.397 e. The molecule has 20 heavy (non-hydrogen) atoms. The summed E-state index contributed by atoms with van der Waals surface area (Å²) in [6.45, 7) is 4.34. The number of nitrogens with zero attached hydrogens (tertiary/aromatic N) is 3. The average Bonchev–Trinajstić information content (AvgIpc) is 2.88. The number of fused-ring (bicyclic) bond motifs is 1. The van der Waals surface area contributed by atoms with E-state index in [-0.39, 0.29) is 11.9 Å². The Morgan fingerprint density at radius 3 is 2.80 bits per heavy atom. The van der Waals surface area contributed by atoms with Crippen molar-refractivity contribution >= 4 is 33.1 Å². The summed E-state index contributed by atoms with van der Waals surface area (Å²) >= 11 is 1.39. The third kappa shape index (κ3) is 2.27. The molecule has 110 valence electrons. The van der Waals surface area contributed by atoms with Crippen molar-refractivity contribution in [1.82, 2.24) is 14.7 Å². The monoisotopic (exact) mass is 296 g/mol. The van der Waals surface area contributed by atoms with E-state index < -0.39 is 0 Å². The third-order valence-electron chi connectivity index (χ3n) is 3.47. The molecular weight excluding hydrogens is 276 g/mol. The number of methoxy groups -OCH3 is 1. The Kier molecular flexibility index (Phi) is 4.01. The fourth-order valence-electron chi connectivity index (χ4n) is 2.20. The van der Waals surface area contributed by atoms with Crippen LogP contribution in [0, 0.1) is 6.92 Å². The number of carbonyl (C=O) groups is 1. The van der Waals surface area contributed by atoms with Crippen molar-refractivity contribution < 1.29 is 9.53 Å². The minimum atomic E-state index is -0.0762. The predicted octanol–water partition coefficient (Wildman–Crippen LogP) is 1.63. The van der Waals surface area contributed by atoms with Gasteiger partial charge in [-0.3, -0.25) is 9.48 Å². The van der Waals surface area contributed by atoms with Gasteiger partial charge in [0, 0.05) is 21.2 Å². The summed E-state index contributed by atoms with van der Waals surface area (Å²) in [7, 11) is 5.25. The molecule has 0 spiro atoms. The number of rotatable bonds is 4. The Bertz CT molecular complexity index is 646. The highest BCUT2D eigenvalue weighted by atomic mass is 32.1. The van der Waals surface area contributed by atoms with Gasteiger partial charge in [0.05, 0.1) is 29.4 Å². The van der Waals surface area contributed by atoms with Crippen LogP contribution in [-0.2, 0) is 11.8 Å². The first kappa shape index (κ1) is 14.8. The smallest absolute Gasteiger partial charge is 0.266 e. The number of thiophene rings is 1. The van der Waals surface area contributed by atoms with Crippen molar-refractivity contribution in [3.8, 4) is 0 Å². The van der Waals surface area contributed by atoms with Gasteiger partial charge in [-0.1, -0.05) is 0 Å². The number of hydrogen-bond donors (Lipinski definition) is 1. The van der Waals surface area contributed by atoms with Crippen molar-refractivity contribution in [3.05, 3.63) is 10.6 Å². The molecule has 1 unspecified atom stereocenters. The molecule has 2 aromatic heterocycles. The molecule has 0 saturated carbocycles. The molecule has 6 nitrogen and oxygen atoms in total. The maximum absolute atomic E-state index is 12.5. The lowest BCUT2D eigenvalue weighted by atomic mass is 10.2. The summed E-state index contributed by atoms with van der Waals surface area (Å²) in [5.74, 6) is -0.0762. The largest absolute Gasteiger partial charge is 0.397 e. The number of amides is 1. The van der Waals surface area contributed by atoms with E-state index in [0.717, 1.165) is 15.9 Å². The number of likely N-dealkylation sites (N-methyl/N-ethyl adjacent to an activating group) is 1. The molecule has 0 aliphatic heterocycles. The third-order valence-corrected chi connectivity index (χ3v) is 4.73. The lowest BCUT2D eigenvalue weighted by Gasteiger charge is -2.23. The number of nitrogens with two attached hydrogens (primary N) is 1. The van der Waals surface area contributed by atoms with E-state index in [4.69, 9.17) is 10.5 Å². The van der Waals surface area contributed by atoms with Crippen molar-refractivity contribution in [2.75, 3.05) is 26.5 Å². The summed E-state index contributed by atoms with van der Waals surface area (Å²) in [6, 6.07) is -0.00339. The zero-order valence-electron chi connectivity index (χ0n) is 12.4. The second-order valence-electron chi connectivity index (χ2n) is 4.95. The van der Waals surface area contributed by atoms with Gasteiger partial charge < -0.3 is 15.4 Å². The van der Waals surface area contributed by atoms with Crippen LogP contribution in [0.1, 0.15) is 22.3 Å². The SMILES string of the molecule is COCC(C)N(C)C(=O)c1sc2c(c(C)nn2C)c1N. The normalized spacial score (nSPS) is 12.8. The summed E-state index contributed by atoms with van der Waals surface area (Å²) in [5, 5.41) is 5.21. The zero-order valence-corrected chi connectivity index (χ0v) is 13.2. The van der Waals surface area contributed by atoms with Crippen LogP contribution in [0.5, 0.6) is 0 Å². The predicted molar refractivity (Wildman–Crippen MR) is 81.2 cm³/mol. The average molecular weight is 296 g/mol. The first-order chi connectivity index (χ1) is 9.38. The molecule has 0 aromatic carbocycles. The summed E-state index contributed by atoms with van der Waals surface area (Å²) in [6.07, 6.45) is 0. The Hall–Kier alpha value is -1.60. The molecule has 0 bridgehead atoms. The number of aromatic nitrogens is 2. The lowest BCUT2D eigenvalue weighted by Crippen LogP contribution is -2.37. The van der Waals surface area contributed by atoms with E-state index in [0.29, 0.717) is 17.2 Å². The van der Waals surface area contributed by atoms with Crippen LogP contribution < -0.4 is 5.73 Å². The molecule has 2 aromatic rings. The van der Waals surface area contributed by atoms with E-state index in [2.05, 4.69) is 5.10 Å². The Morgan fingerprint density at radius 2 is 2.25 bits per heavy atom. The molecule has 2 rings (SSSR count). The molecule has 0 aliphatic carbocycles. The second-order valence-corrected chi connectivity index (χ2v) is 5.95. The highest BCUT2D eigenvalue weighted by Gasteiger charge is 2.25. The second kappa shape index (κ2) is 5.41. The van der Waals surface area contributed by atoms with Crippen LogP contribution in [-0.4, -0.2) is 47.4 Å². The van der Waals surface area contributed by atoms with Gasteiger partial charge in [0.15, 0.2) is 0 Å². The van der Waals surface area contributed by atoms with Gasteiger partial charge >= 0.3 is 0 Å². The van der Waals surface area contributed by atoms with E-state index in [1.54, 1.807) is 23.7 Å². The van der Waals surface area contributed by atoms with Crippen LogP contribution >= 0.6 is 11.3 Å². The standard InChI is InChI=1S/C13H20N4O2S/c1-7(6-19-5)16(3)12(18)11-10(14)9-8(2)15-17(4)13(9)20-11/h7H,6,14H2,1-5H3. The van der Waals surface area contributed by atoms with Gasteiger partial charge in [-0.05, 0) is 13.8 Å². The fourth-order valence-corrected chi connectivity index (χ4v) is 3.37. The highest BCUT2D eigenvalue weighted by Crippen LogP contribution is 2.36. The molecule has 7 heteroatoms. The van der Waals surface area contributed by atoms with E-state index in [1.165, 1.54) is 11.3 Å². The maximum Gasteiger partial charge on any atom is 0.266 e. The van der Waals surface area contributed by atoms with Crippen LogP contribution in [0.3, 0.4) is 0 Å². The molecule has 0 saturated heterocycles. The number of hydrogen-bond acceptors (Lipinski definition) is 5. The maximum atomic E-state index is 12.5. The Morgan fingerprint density at radius 1 is 1.60 bits per heavy atom. The van der Waals surface area contributed by atoms with Crippen LogP contribution in [0.15, 0.2) is 0 Å². The number of aryl methyl sites for hydroxylation is 2. The minimum absolute atomic E-state index is 0.00339. The number of ether oxygens (including phenoxy) is 1. The van der Waals surface area contributed by atoms with Gasteiger partial charge in [0.1, 0.15) is 9.71 Å². The van der Waals surface area contributed by atoms with Crippen molar-refractivity contribution in [3.63, 3.8) is 0 Å². The summed E-state index contributed by atoms with van der Waals surface area (Å²) in [5.41, 5.74) is 7.52. The van der Waals surface area contributed by atoms with Gasteiger partial charge in [-0.15, -0.1) is 11.3 Å². The fraction of sp³-hybridized carbons (Fsp3) is 0.538. The van der Waals surface area contributed by atoms with Gasteiger partial charge in [0.2, 0.25) is 0 Å². The molecule has 0 fully saturated rings. The van der Waals surface area contributed by atoms with Gasteiger partial charge in [-0.2, -0.15) is 5.10 Å². The van der Waals surface area contributed by atoms with Crippen LogP contribution in [0.4, 0.5) is 5.69 Å². The van der Waals surface area contributed by atoms with Crippen LogP contribution in [0.25, 0.3) is 10.2 Å². The van der Waals surface area contributed by atoms with E-state index in [9.17, 15) is 4.79 Å². The highest BCUT2D eigenvalue weighted by molar-refractivity contribution is 7.21. The van der Waals surface area contributed by atoms with E-state index in [1.807, 2.05) is 20.9 Å². The first-order valence-electron chi connectivity index (χ1n) is 6.36. The van der Waals surface area contributed by atoms with Gasteiger partial charge in [-0.25, -0.2) is 0 Å². The summed E-state index contributed by atoms with van der Waals surface area (Å²) in [4.78, 5) is 15.7. The zero-order chi connectivity index (χ0) is 15.0. The molecule has 1 atom stereocenters.